The van der Waals surface area contributed by atoms with E-state index in [1.807, 2.05) is 27.6 Å². The quantitative estimate of drug-likeness (QED) is 0.334. The van der Waals surface area contributed by atoms with Gasteiger partial charge in [0.05, 0.1) is 6.10 Å². The maximum absolute atomic E-state index is 11.7. The highest BCUT2D eigenvalue weighted by atomic mass is 127. The number of aliphatic hydroxyl groups excluding tert-OH is 1. The first kappa shape index (κ1) is 14.3. The molecule has 0 amide bonds. The van der Waals surface area contributed by atoms with Crippen molar-refractivity contribution < 1.29 is 14.9 Å². The summed E-state index contributed by atoms with van der Waals surface area (Å²) in [5.74, 6) is 2.07. The molecule has 0 spiro atoms. The van der Waals surface area contributed by atoms with Crippen molar-refractivity contribution in [3.8, 4) is 12.3 Å². The molecule has 19 heavy (non-hydrogen) atoms. The van der Waals surface area contributed by atoms with Crippen LogP contribution in [0.2, 0.25) is 0 Å². The lowest BCUT2D eigenvalue weighted by Crippen LogP contribution is -2.47. The van der Waals surface area contributed by atoms with Gasteiger partial charge in [0.2, 0.25) is 0 Å². The fourth-order valence-electron chi connectivity index (χ4n) is 1.94. The molecule has 1 saturated heterocycles. The highest BCUT2D eigenvalue weighted by molar-refractivity contribution is 14.1. The van der Waals surface area contributed by atoms with Gasteiger partial charge >= 0.3 is 5.69 Å². The predicted octanol–water partition coefficient (Wildman–Crippen LogP) is -1.41. The van der Waals surface area contributed by atoms with E-state index in [9.17, 15) is 19.8 Å². The number of alkyl halides is 1. The second kappa shape index (κ2) is 5.09. The molecule has 7 nitrogen and oxygen atoms in total. The summed E-state index contributed by atoms with van der Waals surface area (Å²) in [4.78, 5) is 24.7. The van der Waals surface area contributed by atoms with Crippen LogP contribution in [0.15, 0.2) is 21.9 Å². The zero-order valence-electron chi connectivity index (χ0n) is 9.62. The number of H-pyrrole nitrogens is 1. The number of aromatic nitrogens is 2. The van der Waals surface area contributed by atoms with Crippen LogP contribution in [0.5, 0.6) is 0 Å². The number of nitrogens with one attached hydrogen (secondary N) is 1. The molecule has 0 saturated carbocycles. The molecule has 1 aliphatic rings. The molecule has 1 aromatic rings. The Labute approximate surface area is 121 Å². The van der Waals surface area contributed by atoms with Gasteiger partial charge in [-0.15, -0.1) is 6.42 Å². The molecule has 1 fully saturated rings. The first-order valence-corrected chi connectivity index (χ1v) is 6.87. The van der Waals surface area contributed by atoms with Crippen molar-refractivity contribution in [1.82, 2.24) is 9.55 Å². The van der Waals surface area contributed by atoms with E-state index in [0.717, 1.165) is 16.8 Å². The topological polar surface area (TPSA) is 105 Å². The largest absolute Gasteiger partial charge is 0.386 e. The number of aliphatic hydroxyl groups is 2. The van der Waals surface area contributed by atoms with Gasteiger partial charge in [-0.25, -0.2) is 4.79 Å². The van der Waals surface area contributed by atoms with Crippen molar-refractivity contribution in [3.63, 3.8) is 0 Å². The Morgan fingerprint density at radius 1 is 1.63 bits per heavy atom. The van der Waals surface area contributed by atoms with Gasteiger partial charge in [0.25, 0.3) is 5.56 Å². The van der Waals surface area contributed by atoms with E-state index >= 15 is 0 Å². The molecule has 0 unspecified atom stereocenters. The van der Waals surface area contributed by atoms with Crippen LogP contribution in [0.25, 0.3) is 0 Å². The van der Waals surface area contributed by atoms with Crippen molar-refractivity contribution in [2.24, 2.45) is 0 Å². The first-order chi connectivity index (χ1) is 8.93. The van der Waals surface area contributed by atoms with Crippen molar-refractivity contribution in [3.05, 3.63) is 33.1 Å². The van der Waals surface area contributed by atoms with Gasteiger partial charge in [-0.1, -0.05) is 28.5 Å². The average Bonchev–Trinajstić information content (AvgIpc) is 2.63. The van der Waals surface area contributed by atoms with Gasteiger partial charge in [-0.2, -0.15) is 0 Å². The van der Waals surface area contributed by atoms with Crippen molar-refractivity contribution in [2.75, 3.05) is 4.43 Å². The molecule has 0 aromatic carbocycles. The standard InChI is InChI=1S/C11H11IN2O5/c1-2-11(18)8(16)6(5-12)19-9(11)14-4-3-7(15)13-10(14)17/h1,3-4,6,8-9,16,18H,5H2,(H,13,15,17)/t6-,8-,9-,11+/m1/s1. The Hall–Kier alpha value is -1.15. The Kier molecular flexibility index (Phi) is 3.82. The molecular formula is C11H11IN2O5. The minimum atomic E-state index is -2.03. The fraction of sp³-hybridized carbons (Fsp3) is 0.455. The van der Waals surface area contributed by atoms with Gasteiger partial charge in [-0.3, -0.25) is 14.3 Å². The number of terminal acetylenes is 1. The zero-order chi connectivity index (χ0) is 14.2. The van der Waals surface area contributed by atoms with E-state index in [4.69, 9.17) is 11.2 Å². The number of hydrogen-bond donors (Lipinski definition) is 3. The normalized spacial score (nSPS) is 34.1. The molecule has 8 heteroatoms. The van der Waals surface area contributed by atoms with Crippen molar-refractivity contribution >= 4 is 22.6 Å². The number of aromatic amines is 1. The molecule has 0 radical (unpaired) electrons. The molecule has 1 aliphatic heterocycles. The maximum Gasteiger partial charge on any atom is 0.330 e. The third kappa shape index (κ3) is 2.23. The van der Waals surface area contributed by atoms with E-state index in [0.29, 0.717) is 4.43 Å². The van der Waals surface area contributed by atoms with Gasteiger partial charge in [0.1, 0.15) is 6.10 Å². The van der Waals surface area contributed by atoms with E-state index < -0.39 is 35.3 Å². The molecular weight excluding hydrogens is 367 g/mol. The second-order valence-electron chi connectivity index (χ2n) is 4.11. The van der Waals surface area contributed by atoms with Crippen molar-refractivity contribution in [2.45, 2.75) is 24.0 Å². The number of hydrogen-bond acceptors (Lipinski definition) is 5. The number of halogens is 1. The summed E-state index contributed by atoms with van der Waals surface area (Å²) >= 11 is 1.97. The lowest BCUT2D eigenvalue weighted by Gasteiger charge is -2.26. The summed E-state index contributed by atoms with van der Waals surface area (Å²) in [6.07, 6.45) is 3.14. The summed E-state index contributed by atoms with van der Waals surface area (Å²) < 4.78 is 6.77. The Bertz CT molecular complexity index is 633. The minimum Gasteiger partial charge on any atom is -0.386 e. The molecule has 102 valence electrons. The SMILES string of the molecule is C#C[C@]1(O)[C@H](O)[C@@H](CI)O[C@H]1n1ccc(=O)[nH]c1=O. The lowest BCUT2D eigenvalue weighted by molar-refractivity contribution is -0.0710. The van der Waals surface area contributed by atoms with E-state index in [1.165, 1.54) is 0 Å². The molecule has 1 aromatic heterocycles. The van der Waals surface area contributed by atoms with Crippen LogP contribution in [0.3, 0.4) is 0 Å². The monoisotopic (exact) mass is 378 g/mol. The summed E-state index contributed by atoms with van der Waals surface area (Å²) in [7, 11) is 0. The second-order valence-corrected chi connectivity index (χ2v) is 4.99. The number of rotatable bonds is 2. The summed E-state index contributed by atoms with van der Waals surface area (Å²) in [5, 5.41) is 20.3. The minimum absolute atomic E-state index is 0.386. The average molecular weight is 378 g/mol. The summed E-state index contributed by atoms with van der Waals surface area (Å²) in [5.41, 5.74) is -3.38. The predicted molar refractivity (Wildman–Crippen MR) is 73.9 cm³/mol. The Balaban J connectivity index is 2.52. The van der Waals surface area contributed by atoms with Crippen LogP contribution in [0, 0.1) is 12.3 Å². The molecule has 0 aliphatic carbocycles. The van der Waals surface area contributed by atoms with Crippen LogP contribution < -0.4 is 11.2 Å². The summed E-state index contributed by atoms with van der Waals surface area (Å²) in [6, 6.07) is 1.10. The van der Waals surface area contributed by atoms with Crippen molar-refractivity contribution in [1.29, 1.82) is 0 Å². The molecule has 2 rings (SSSR count). The first-order valence-electron chi connectivity index (χ1n) is 5.35. The number of nitrogens with zero attached hydrogens (tertiary/aromatic N) is 1. The third-order valence-corrected chi connectivity index (χ3v) is 3.84. The third-order valence-electron chi connectivity index (χ3n) is 2.97. The Morgan fingerprint density at radius 2 is 2.32 bits per heavy atom. The molecule has 0 bridgehead atoms. The smallest absolute Gasteiger partial charge is 0.330 e. The molecule has 3 N–H and O–H groups in total. The van der Waals surface area contributed by atoms with Gasteiger partial charge in [0.15, 0.2) is 11.8 Å². The number of ether oxygens (including phenoxy) is 1. The van der Waals surface area contributed by atoms with E-state index in [2.05, 4.69) is 5.92 Å². The molecule has 4 atom stereocenters. The van der Waals surface area contributed by atoms with Crippen LogP contribution in [-0.4, -0.2) is 42.0 Å². The van der Waals surface area contributed by atoms with E-state index in [1.54, 1.807) is 0 Å². The van der Waals surface area contributed by atoms with Crippen LogP contribution in [0.1, 0.15) is 6.23 Å². The molecule has 2 heterocycles. The van der Waals surface area contributed by atoms with Gasteiger partial charge in [-0.05, 0) is 0 Å². The fourth-order valence-corrected chi connectivity index (χ4v) is 2.63. The zero-order valence-corrected chi connectivity index (χ0v) is 11.8. The lowest BCUT2D eigenvalue weighted by atomic mass is 9.95. The highest BCUT2D eigenvalue weighted by Gasteiger charge is 2.55. The highest BCUT2D eigenvalue weighted by Crippen LogP contribution is 2.37. The van der Waals surface area contributed by atoms with E-state index in [-0.39, 0.29) is 0 Å². The Morgan fingerprint density at radius 3 is 2.84 bits per heavy atom. The van der Waals surface area contributed by atoms with Gasteiger partial charge in [0, 0.05) is 16.7 Å². The maximum atomic E-state index is 11.7. The van der Waals surface area contributed by atoms with Crippen LogP contribution >= 0.6 is 22.6 Å². The van der Waals surface area contributed by atoms with Crippen LogP contribution in [-0.2, 0) is 4.74 Å². The van der Waals surface area contributed by atoms with Crippen LogP contribution in [0.4, 0.5) is 0 Å². The summed E-state index contributed by atoms with van der Waals surface area (Å²) in [6.45, 7) is 0. The van der Waals surface area contributed by atoms with Gasteiger partial charge < -0.3 is 14.9 Å².